The van der Waals surface area contributed by atoms with Crippen molar-refractivity contribution in [2.24, 2.45) is 0 Å². The van der Waals surface area contributed by atoms with Crippen LogP contribution in [0.5, 0.6) is 0 Å². The van der Waals surface area contributed by atoms with Crippen molar-refractivity contribution in [3.8, 4) is 0 Å². The molecule has 0 spiro atoms. The molecule has 2 aromatic carbocycles. The lowest BCUT2D eigenvalue weighted by Crippen LogP contribution is -2.30. The number of rotatable bonds is 5. The molecular weight excluding hydrogens is 328 g/mol. The van der Waals surface area contributed by atoms with Gasteiger partial charge in [0.2, 0.25) is 0 Å². The van der Waals surface area contributed by atoms with Gasteiger partial charge in [-0.05, 0) is 29.8 Å². The lowest BCUT2D eigenvalue weighted by molar-refractivity contribution is -0.143. The first-order valence-corrected chi connectivity index (χ1v) is 7.75. The summed E-state index contributed by atoms with van der Waals surface area (Å²) in [7, 11) is 0. The van der Waals surface area contributed by atoms with Crippen LogP contribution in [-0.4, -0.2) is 23.4 Å². The largest absolute Gasteiger partial charge is 0.460 e. The zero-order valence-corrected chi connectivity index (χ0v) is 13.5. The number of ether oxygens (including phenoxy) is 1. The van der Waals surface area contributed by atoms with Gasteiger partial charge in [0.05, 0.1) is 0 Å². The van der Waals surface area contributed by atoms with Crippen LogP contribution in [0.2, 0.25) is 5.02 Å². The quantitative estimate of drug-likeness (QED) is 0.699. The van der Waals surface area contributed by atoms with Gasteiger partial charge < -0.3 is 15.0 Å². The lowest BCUT2D eigenvalue weighted by Gasteiger charge is -2.06. The Morgan fingerprint density at radius 3 is 2.67 bits per heavy atom. The van der Waals surface area contributed by atoms with E-state index in [1.807, 2.05) is 30.3 Å². The van der Waals surface area contributed by atoms with Gasteiger partial charge in [0.25, 0.3) is 5.91 Å². The number of amides is 1. The number of hydrogen-bond acceptors (Lipinski definition) is 3. The Labute approximate surface area is 143 Å². The van der Waals surface area contributed by atoms with Gasteiger partial charge >= 0.3 is 5.97 Å². The molecule has 0 unspecified atom stereocenters. The fourth-order valence-corrected chi connectivity index (χ4v) is 2.44. The van der Waals surface area contributed by atoms with Crippen molar-refractivity contribution in [1.82, 2.24) is 10.3 Å². The molecule has 0 aliphatic heterocycles. The maximum Gasteiger partial charge on any atom is 0.325 e. The molecule has 0 fully saturated rings. The van der Waals surface area contributed by atoms with Crippen LogP contribution in [0.4, 0.5) is 0 Å². The Morgan fingerprint density at radius 2 is 1.88 bits per heavy atom. The summed E-state index contributed by atoms with van der Waals surface area (Å²) in [6, 6.07) is 16.3. The van der Waals surface area contributed by atoms with E-state index in [2.05, 4.69) is 10.3 Å². The zero-order chi connectivity index (χ0) is 16.9. The smallest absolute Gasteiger partial charge is 0.325 e. The standard InChI is InChI=1S/C18H15ClN2O3/c19-14-6-7-15-13(8-14)9-16(21-15)18(23)20-10-17(22)24-11-12-4-2-1-3-5-12/h1-9,21H,10-11H2,(H,20,23). The molecule has 3 rings (SSSR count). The molecule has 1 amide bonds. The highest BCUT2D eigenvalue weighted by Gasteiger charge is 2.12. The van der Waals surface area contributed by atoms with Crippen molar-refractivity contribution >= 4 is 34.4 Å². The minimum absolute atomic E-state index is 0.181. The first-order chi connectivity index (χ1) is 11.6. The van der Waals surface area contributed by atoms with Crippen molar-refractivity contribution < 1.29 is 14.3 Å². The average Bonchev–Trinajstić information content (AvgIpc) is 3.02. The number of aromatic nitrogens is 1. The Bertz CT molecular complexity index is 874. The van der Waals surface area contributed by atoms with Gasteiger partial charge in [0, 0.05) is 15.9 Å². The molecule has 0 atom stereocenters. The third kappa shape index (κ3) is 3.94. The number of benzene rings is 2. The first kappa shape index (κ1) is 16.1. The molecule has 1 heterocycles. The van der Waals surface area contributed by atoms with Crippen LogP contribution in [0, 0.1) is 0 Å². The molecule has 2 N–H and O–H groups in total. The van der Waals surface area contributed by atoms with Crippen LogP contribution in [0.3, 0.4) is 0 Å². The summed E-state index contributed by atoms with van der Waals surface area (Å²) in [4.78, 5) is 26.8. The van der Waals surface area contributed by atoms with E-state index in [0.29, 0.717) is 10.7 Å². The summed E-state index contributed by atoms with van der Waals surface area (Å²) in [6.07, 6.45) is 0. The summed E-state index contributed by atoms with van der Waals surface area (Å²) in [5.41, 5.74) is 2.06. The molecule has 1 aromatic heterocycles. The van der Waals surface area contributed by atoms with Crippen molar-refractivity contribution in [2.75, 3.05) is 6.54 Å². The topological polar surface area (TPSA) is 71.2 Å². The normalized spacial score (nSPS) is 10.5. The van der Waals surface area contributed by atoms with Crippen molar-refractivity contribution in [3.05, 3.63) is 70.9 Å². The van der Waals surface area contributed by atoms with E-state index < -0.39 is 5.97 Å². The molecule has 0 radical (unpaired) electrons. The Hall–Kier alpha value is -2.79. The Kier molecular flexibility index (Phi) is 4.82. The summed E-state index contributed by atoms with van der Waals surface area (Å²) in [5.74, 6) is -0.870. The number of hydrogen-bond donors (Lipinski definition) is 2. The van der Waals surface area contributed by atoms with Crippen LogP contribution >= 0.6 is 11.6 Å². The maximum absolute atomic E-state index is 12.1. The minimum atomic E-state index is -0.494. The van der Waals surface area contributed by atoms with Crippen LogP contribution in [-0.2, 0) is 16.1 Å². The van der Waals surface area contributed by atoms with E-state index in [4.69, 9.17) is 16.3 Å². The first-order valence-electron chi connectivity index (χ1n) is 7.38. The van der Waals surface area contributed by atoms with Crippen LogP contribution < -0.4 is 5.32 Å². The summed E-state index contributed by atoms with van der Waals surface area (Å²) >= 11 is 5.92. The van der Waals surface area contributed by atoms with Crippen molar-refractivity contribution in [1.29, 1.82) is 0 Å². The number of fused-ring (bicyclic) bond motifs is 1. The fourth-order valence-electron chi connectivity index (χ4n) is 2.26. The van der Waals surface area contributed by atoms with Gasteiger partial charge in [0.1, 0.15) is 18.8 Å². The zero-order valence-electron chi connectivity index (χ0n) is 12.7. The van der Waals surface area contributed by atoms with Gasteiger partial charge in [-0.3, -0.25) is 9.59 Å². The van der Waals surface area contributed by atoms with E-state index in [-0.39, 0.29) is 19.1 Å². The van der Waals surface area contributed by atoms with Gasteiger partial charge in [-0.15, -0.1) is 0 Å². The summed E-state index contributed by atoms with van der Waals surface area (Å²) < 4.78 is 5.11. The average molecular weight is 343 g/mol. The van der Waals surface area contributed by atoms with Crippen LogP contribution in [0.15, 0.2) is 54.6 Å². The number of halogens is 1. The molecule has 6 heteroatoms. The fraction of sp³-hybridized carbons (Fsp3) is 0.111. The number of aromatic amines is 1. The molecule has 0 saturated heterocycles. The number of carbonyl (C=O) groups is 2. The second kappa shape index (κ2) is 7.19. The van der Waals surface area contributed by atoms with Crippen molar-refractivity contribution in [2.45, 2.75) is 6.61 Å². The molecule has 122 valence electrons. The summed E-state index contributed by atoms with van der Waals surface area (Å²) in [5, 5.41) is 3.96. The molecule has 0 bridgehead atoms. The molecule has 0 aliphatic carbocycles. The molecule has 0 aliphatic rings. The number of carbonyl (C=O) groups excluding carboxylic acids is 2. The second-order valence-electron chi connectivity index (χ2n) is 5.24. The number of nitrogens with one attached hydrogen (secondary N) is 2. The lowest BCUT2D eigenvalue weighted by atomic mass is 10.2. The van der Waals surface area contributed by atoms with E-state index in [0.717, 1.165) is 16.5 Å². The third-order valence-electron chi connectivity index (χ3n) is 3.46. The highest BCUT2D eigenvalue weighted by Crippen LogP contribution is 2.19. The van der Waals surface area contributed by atoms with E-state index in [1.165, 1.54) is 0 Å². The highest BCUT2D eigenvalue weighted by molar-refractivity contribution is 6.31. The predicted molar refractivity (Wildman–Crippen MR) is 91.9 cm³/mol. The van der Waals surface area contributed by atoms with Gasteiger partial charge in [-0.2, -0.15) is 0 Å². The molecule has 24 heavy (non-hydrogen) atoms. The third-order valence-corrected chi connectivity index (χ3v) is 3.70. The van der Waals surface area contributed by atoms with E-state index in [9.17, 15) is 9.59 Å². The monoisotopic (exact) mass is 342 g/mol. The Morgan fingerprint density at radius 1 is 1.08 bits per heavy atom. The van der Waals surface area contributed by atoms with Crippen LogP contribution in [0.1, 0.15) is 16.1 Å². The molecule has 5 nitrogen and oxygen atoms in total. The summed E-state index contributed by atoms with van der Waals surface area (Å²) in [6.45, 7) is -0.0117. The van der Waals surface area contributed by atoms with E-state index >= 15 is 0 Å². The van der Waals surface area contributed by atoms with Crippen LogP contribution in [0.25, 0.3) is 10.9 Å². The second-order valence-corrected chi connectivity index (χ2v) is 5.68. The number of H-pyrrole nitrogens is 1. The molecule has 3 aromatic rings. The van der Waals surface area contributed by atoms with E-state index in [1.54, 1.807) is 24.3 Å². The predicted octanol–water partition coefficient (Wildman–Crippen LogP) is 3.29. The molecular formula is C18H15ClN2O3. The molecule has 0 saturated carbocycles. The maximum atomic E-state index is 12.1. The van der Waals surface area contributed by atoms with Gasteiger partial charge in [-0.1, -0.05) is 41.9 Å². The van der Waals surface area contributed by atoms with Gasteiger partial charge in [-0.25, -0.2) is 0 Å². The Balaban J connectivity index is 1.53. The highest BCUT2D eigenvalue weighted by atomic mass is 35.5. The number of esters is 1. The SMILES string of the molecule is O=C(CNC(=O)c1cc2cc(Cl)ccc2[nH]1)OCc1ccccc1. The minimum Gasteiger partial charge on any atom is -0.460 e. The van der Waals surface area contributed by atoms with Gasteiger partial charge in [0.15, 0.2) is 0 Å². The van der Waals surface area contributed by atoms with Crippen molar-refractivity contribution in [3.63, 3.8) is 0 Å².